The maximum atomic E-state index is 15.3. The lowest BCUT2D eigenvalue weighted by molar-refractivity contribution is -0.124. The second-order valence-corrected chi connectivity index (χ2v) is 15.9. The van der Waals surface area contributed by atoms with Crippen molar-refractivity contribution in [1.29, 1.82) is 0 Å². The molecule has 0 aliphatic carbocycles. The lowest BCUT2D eigenvalue weighted by atomic mass is 9.95. The number of fused-ring (bicyclic) bond motifs is 2. The Morgan fingerprint density at radius 3 is 1.83 bits per heavy atom. The number of carbonyl (C=O) groups excluding carboxylic acids is 2. The van der Waals surface area contributed by atoms with Gasteiger partial charge in [-0.2, -0.15) is 8.75 Å². The highest BCUT2D eigenvalue weighted by atomic mass is 32.1. The van der Waals surface area contributed by atoms with Gasteiger partial charge in [-0.05, 0) is 42.5 Å². The number of halogens is 2. The highest BCUT2D eigenvalue weighted by Gasteiger charge is 2.49. The zero-order chi connectivity index (χ0) is 33.5. The molecule has 0 saturated carbocycles. The third-order valence-electron chi connectivity index (χ3n) is 8.76. The molecule has 0 saturated heterocycles. The second-order valence-electron chi connectivity index (χ2n) is 13.2. The molecule has 0 N–H and O–H groups in total. The predicted molar refractivity (Wildman–Crippen MR) is 189 cm³/mol. The van der Waals surface area contributed by atoms with E-state index in [-0.39, 0.29) is 22.8 Å². The molecule has 0 radical (unpaired) electrons. The Kier molecular flexibility index (Phi) is 9.79. The van der Waals surface area contributed by atoms with Gasteiger partial charge in [0.1, 0.15) is 11.0 Å². The van der Waals surface area contributed by atoms with Crippen LogP contribution in [0.2, 0.25) is 0 Å². The molecule has 2 aliphatic heterocycles. The topological polar surface area (TPSA) is 66.4 Å². The van der Waals surface area contributed by atoms with Gasteiger partial charge >= 0.3 is 0 Å². The quantitative estimate of drug-likeness (QED) is 0.131. The Morgan fingerprint density at radius 2 is 1.28 bits per heavy atom. The second kappa shape index (κ2) is 13.7. The van der Waals surface area contributed by atoms with E-state index in [1.807, 2.05) is 17.0 Å². The SMILES string of the molecule is CCCCCCN1C(=O)C2=C(c3ccc(C(C)(C)C)s3)N(CCCCCC)C(=O)C2=C1c1ccc(-c2c(F)c(F)cc3nsnc23)s1. The summed E-state index contributed by atoms with van der Waals surface area (Å²) in [5.74, 6) is -2.32. The van der Waals surface area contributed by atoms with Crippen LogP contribution in [0.15, 0.2) is 41.5 Å². The van der Waals surface area contributed by atoms with Crippen molar-refractivity contribution in [3.05, 3.63) is 67.7 Å². The fraction of sp³-hybridized carbons (Fsp3) is 0.444. The highest BCUT2D eigenvalue weighted by Crippen LogP contribution is 2.50. The number of unbranched alkanes of at least 4 members (excludes halogenated alkanes) is 6. The number of amides is 2. The zero-order valence-corrected chi connectivity index (χ0v) is 30.0. The number of rotatable bonds is 13. The van der Waals surface area contributed by atoms with Gasteiger partial charge in [0, 0.05) is 28.9 Å². The largest absolute Gasteiger partial charge is 0.306 e. The molecule has 0 fully saturated rings. The number of hydrogen-bond acceptors (Lipinski definition) is 7. The fourth-order valence-electron chi connectivity index (χ4n) is 6.29. The van der Waals surface area contributed by atoms with Crippen LogP contribution in [0.25, 0.3) is 32.9 Å². The van der Waals surface area contributed by atoms with Crippen LogP contribution in [0.3, 0.4) is 0 Å². The van der Waals surface area contributed by atoms with Crippen LogP contribution in [0.4, 0.5) is 8.78 Å². The molecule has 6 nitrogen and oxygen atoms in total. The zero-order valence-electron chi connectivity index (χ0n) is 27.5. The first-order valence-electron chi connectivity index (χ1n) is 16.5. The molecule has 5 heterocycles. The molecule has 0 bridgehead atoms. The van der Waals surface area contributed by atoms with Crippen molar-refractivity contribution < 1.29 is 18.4 Å². The standard InChI is InChI=1S/C36H40F2N4O2S3/c1-6-8-10-12-18-41-32(24-15-14-23(45-24)27-30(38)21(37)20-22-31(27)40-47-39-22)28-29(35(41)44)33(25-16-17-26(46-25)36(3,4)5)42(34(28)43)19-13-11-9-7-2/h14-17,20H,6-13,18-19H2,1-5H3. The van der Waals surface area contributed by atoms with Gasteiger partial charge in [-0.1, -0.05) is 73.1 Å². The predicted octanol–water partition coefficient (Wildman–Crippen LogP) is 10.0. The van der Waals surface area contributed by atoms with Crippen molar-refractivity contribution in [2.45, 2.75) is 91.4 Å². The molecule has 0 unspecified atom stereocenters. The molecular formula is C36H40F2N4O2S3. The Hall–Kier alpha value is -3.28. The van der Waals surface area contributed by atoms with Crippen LogP contribution >= 0.6 is 34.4 Å². The summed E-state index contributed by atoms with van der Waals surface area (Å²) in [5.41, 5.74) is 2.69. The van der Waals surface area contributed by atoms with Gasteiger partial charge in [0.15, 0.2) is 11.6 Å². The lowest BCUT2D eigenvalue weighted by Gasteiger charge is -2.24. The summed E-state index contributed by atoms with van der Waals surface area (Å²) in [6, 6.07) is 8.75. The molecule has 3 aromatic heterocycles. The number of thiophene rings is 2. The van der Waals surface area contributed by atoms with Crippen LogP contribution in [-0.4, -0.2) is 43.5 Å². The van der Waals surface area contributed by atoms with E-state index in [0.717, 1.165) is 74.0 Å². The number of nitrogens with zero attached hydrogens (tertiary/aromatic N) is 4. The van der Waals surface area contributed by atoms with Crippen molar-refractivity contribution in [2.75, 3.05) is 13.1 Å². The highest BCUT2D eigenvalue weighted by molar-refractivity contribution is 7.16. The van der Waals surface area contributed by atoms with Crippen LogP contribution in [0.5, 0.6) is 0 Å². The Bertz CT molecular complexity index is 1890. The van der Waals surface area contributed by atoms with Crippen LogP contribution in [0, 0.1) is 11.6 Å². The molecule has 0 atom stereocenters. The van der Waals surface area contributed by atoms with Crippen LogP contribution < -0.4 is 0 Å². The van der Waals surface area contributed by atoms with Gasteiger partial charge in [-0.15, -0.1) is 22.7 Å². The molecule has 2 aliphatic rings. The maximum Gasteiger partial charge on any atom is 0.261 e. The number of hydrogen-bond donors (Lipinski definition) is 0. The van der Waals surface area contributed by atoms with Crippen molar-refractivity contribution in [3.63, 3.8) is 0 Å². The third kappa shape index (κ3) is 6.22. The summed E-state index contributed by atoms with van der Waals surface area (Å²) >= 11 is 3.78. The summed E-state index contributed by atoms with van der Waals surface area (Å²) in [5, 5.41) is 0. The van der Waals surface area contributed by atoms with Crippen molar-refractivity contribution in [3.8, 4) is 10.4 Å². The summed E-state index contributed by atoms with van der Waals surface area (Å²) in [6.07, 6.45) is 7.87. The van der Waals surface area contributed by atoms with Crippen LogP contribution in [0.1, 0.15) is 101 Å². The van der Waals surface area contributed by atoms with Crippen molar-refractivity contribution >= 4 is 68.6 Å². The van der Waals surface area contributed by atoms with E-state index < -0.39 is 11.6 Å². The van der Waals surface area contributed by atoms with E-state index in [0.29, 0.717) is 56.4 Å². The summed E-state index contributed by atoms with van der Waals surface area (Å²) in [7, 11) is 0. The molecule has 2 amide bonds. The average Bonchev–Trinajstić information content (AvgIpc) is 3.86. The van der Waals surface area contributed by atoms with Crippen LogP contribution in [-0.2, 0) is 15.0 Å². The lowest BCUT2D eigenvalue weighted by Crippen LogP contribution is -2.30. The fourth-order valence-corrected chi connectivity index (χ4v) is 9.06. The Labute approximate surface area is 287 Å². The summed E-state index contributed by atoms with van der Waals surface area (Å²) in [6.45, 7) is 11.8. The molecule has 4 aromatic rings. The number of benzene rings is 1. The minimum atomic E-state index is -0.990. The minimum absolute atomic E-state index is 0.0504. The van der Waals surface area contributed by atoms with E-state index in [4.69, 9.17) is 0 Å². The maximum absolute atomic E-state index is 15.3. The smallest absolute Gasteiger partial charge is 0.261 e. The first kappa shape index (κ1) is 33.6. The third-order valence-corrected chi connectivity index (χ3v) is 11.9. The molecule has 11 heteroatoms. The molecular weight excluding hydrogens is 655 g/mol. The average molecular weight is 695 g/mol. The first-order valence-corrected chi connectivity index (χ1v) is 18.9. The van der Waals surface area contributed by atoms with Gasteiger partial charge in [-0.3, -0.25) is 9.59 Å². The molecule has 6 rings (SSSR count). The van der Waals surface area contributed by atoms with Gasteiger partial charge in [-0.25, -0.2) is 8.78 Å². The van der Waals surface area contributed by atoms with E-state index in [2.05, 4.69) is 49.4 Å². The monoisotopic (exact) mass is 694 g/mol. The minimum Gasteiger partial charge on any atom is -0.306 e. The normalized spacial score (nSPS) is 15.4. The van der Waals surface area contributed by atoms with Gasteiger partial charge < -0.3 is 9.80 Å². The first-order chi connectivity index (χ1) is 22.6. The van der Waals surface area contributed by atoms with Gasteiger partial charge in [0.2, 0.25) is 0 Å². The van der Waals surface area contributed by atoms with E-state index in [1.165, 1.54) is 16.2 Å². The Morgan fingerprint density at radius 1 is 0.723 bits per heavy atom. The molecule has 248 valence electrons. The Balaban J connectivity index is 1.51. The van der Waals surface area contributed by atoms with E-state index in [1.54, 1.807) is 22.3 Å². The summed E-state index contributed by atoms with van der Waals surface area (Å²) < 4.78 is 38.3. The molecule has 1 aromatic carbocycles. The summed E-state index contributed by atoms with van der Waals surface area (Å²) in [4.78, 5) is 35.9. The number of carbonyl (C=O) groups is 2. The number of aromatic nitrogens is 2. The van der Waals surface area contributed by atoms with Crippen molar-refractivity contribution in [1.82, 2.24) is 18.5 Å². The molecule has 47 heavy (non-hydrogen) atoms. The van der Waals surface area contributed by atoms with E-state index >= 15 is 4.39 Å². The van der Waals surface area contributed by atoms with Gasteiger partial charge in [0.25, 0.3) is 11.8 Å². The van der Waals surface area contributed by atoms with E-state index in [9.17, 15) is 14.0 Å². The van der Waals surface area contributed by atoms with Crippen molar-refractivity contribution in [2.24, 2.45) is 0 Å². The molecule has 0 spiro atoms. The van der Waals surface area contributed by atoms with Gasteiger partial charge in [0.05, 0.1) is 49.6 Å².